The van der Waals surface area contributed by atoms with Crippen molar-refractivity contribution in [1.29, 1.82) is 0 Å². The first-order valence-electron chi connectivity index (χ1n) is 44.8. The fourth-order valence-electron chi connectivity index (χ4n) is 11.3. The van der Waals surface area contributed by atoms with E-state index < -0.39 is 138 Å². The summed E-state index contributed by atoms with van der Waals surface area (Å²) < 4.78 is 504. The molecule has 6 unspecified atom stereocenters. The fourth-order valence-corrected chi connectivity index (χ4v) is 13.9. The Bertz CT molecular complexity index is 3920. The number of halogens is 40. The average molecular weight is 2400 g/mol. The summed E-state index contributed by atoms with van der Waals surface area (Å²) in [5.41, 5.74) is -29.3. The number of quaternary nitrogens is 6. The molecule has 6 aliphatic rings. The van der Waals surface area contributed by atoms with Gasteiger partial charge in [-0.05, 0) is 32.6 Å². The van der Waals surface area contributed by atoms with Gasteiger partial charge in [-0.25, -0.2) is 46.2 Å². The Morgan fingerprint density at radius 1 is 0.267 bits per heavy atom. The summed E-state index contributed by atoms with van der Waals surface area (Å²) in [7, 11) is -23.2. The van der Waals surface area contributed by atoms with Crippen LogP contribution in [0.5, 0.6) is 0 Å². The second-order valence-corrected chi connectivity index (χ2v) is 38.1. The molecule has 0 fully saturated rings. The Morgan fingerprint density at radius 3 is 0.507 bits per heavy atom. The van der Waals surface area contributed by atoms with E-state index in [-0.39, 0.29) is 18.8 Å². The summed E-state index contributed by atoms with van der Waals surface area (Å²) >= 11 is -2.25. The molecule has 0 radical (unpaired) electrons. The van der Waals surface area contributed by atoms with Crippen LogP contribution in [0.2, 0.25) is 0 Å². The van der Waals surface area contributed by atoms with Crippen LogP contribution in [0.4, 0.5) is 157 Å². The number of rotatable bonds is 42. The number of nitrogens with one attached hydrogen (secondary N) is 6. The summed E-state index contributed by atoms with van der Waals surface area (Å²) in [6.07, 6.45) is 56.3. The molecule has 150 heavy (non-hydrogen) atoms. The number of hydrogen-bond acceptors (Lipinski definition) is 10. The molecule has 24 nitrogen and oxygen atoms in total. The number of hydrogen-bond donors (Lipinski definition) is 6. The zero-order valence-electron chi connectivity index (χ0n) is 83.8. The van der Waals surface area contributed by atoms with Crippen molar-refractivity contribution in [3.63, 3.8) is 0 Å². The van der Waals surface area contributed by atoms with Crippen LogP contribution in [-0.4, -0.2) is 265 Å². The molecule has 0 saturated heterocycles. The van der Waals surface area contributed by atoms with E-state index in [1.165, 1.54) is 268 Å². The summed E-state index contributed by atoms with van der Waals surface area (Å²) in [6.45, 7) is 20.5. The molecule has 6 N–H and O–H groups in total. The molecule has 0 amide bonds. The maximum atomic E-state index is 12.9. The third kappa shape index (κ3) is 90.5. The quantitative estimate of drug-likeness (QED) is 0.0119. The zero-order chi connectivity index (χ0) is 116. The van der Waals surface area contributed by atoms with E-state index in [0.29, 0.717) is 9.44 Å². The Morgan fingerprint density at radius 2 is 0.407 bits per heavy atom. The van der Waals surface area contributed by atoms with Gasteiger partial charge < -0.3 is 28.3 Å². The molecule has 0 spiro atoms. The number of sulfonamides is 2. The molecule has 6 aliphatic heterocycles. The molecular weight excluding hydrogens is 2260 g/mol. The predicted molar refractivity (Wildman–Crippen MR) is 485 cm³/mol. The monoisotopic (exact) mass is 2400 g/mol. The molecule has 6 rings (SSSR count). The minimum absolute atomic E-state index is 0. The second kappa shape index (κ2) is 92.5. The standard InChI is InChI=1S/3C14H27N2.C12H23N2.C8H15N2.C6H11N2.C5F15P.2C2F6NO2S.3BF3.4FH.3O2S/c3*1-3-4-5-6-7-8-9-10-11-16-13-12-15(2)14-16;1-3-4-5-6-7-8-9-14-11-10-13(2)12-14;1-3-4-5-10-7-6-9(2)8-10;1-3-8-5-4-7(2)6-8;6-1(7,8)3(12,13)21(19,20,5(16,17)18)4(14,15)2(9,10)11;2*3-1(4,5)9-12(10,11)2(6,7)8;3*2-1(3)4;;;;;3*1-3-2/h3*12-14H,3-11H2,1-2H3;10-12H,3-9H2,1-2H3;6-8H,3-5H2,1-2H3;4-6H,3H2,1-2H3;;;;;;;4*1H;;;/q6*+1;;2*-1;;;;;;;;;;/p+2. The van der Waals surface area contributed by atoms with E-state index in [4.69, 9.17) is 25.3 Å². The van der Waals surface area contributed by atoms with Gasteiger partial charge in [-0.3, -0.25) is 38.8 Å². The van der Waals surface area contributed by atoms with Crippen molar-refractivity contribution in [1.82, 2.24) is 0 Å². The van der Waals surface area contributed by atoms with E-state index in [9.17, 15) is 174 Å². The summed E-state index contributed by atoms with van der Waals surface area (Å²) in [4.78, 5) is 8.19. The maximum Gasteiger partial charge on any atom is 0.480 e. The van der Waals surface area contributed by atoms with Gasteiger partial charge in [0.2, 0.25) is 37.2 Å². The van der Waals surface area contributed by atoms with Gasteiger partial charge in [-0.15, -0.1) is 0 Å². The minimum Gasteiger partial charge on any atom is -1.00 e. The summed E-state index contributed by atoms with van der Waals surface area (Å²) in [6, 6.07) is 0. The van der Waals surface area contributed by atoms with Gasteiger partial charge in [0.05, 0.1) is 42.3 Å². The van der Waals surface area contributed by atoms with E-state index in [2.05, 4.69) is 224 Å². The molecule has 0 saturated carbocycles. The molecule has 73 heteroatoms. The fraction of sp³-hybridized carbons (Fsp3) is 0.766. The third-order valence-corrected chi connectivity index (χ3v) is 23.7. The van der Waals surface area contributed by atoms with Crippen molar-refractivity contribution >= 4 is 123 Å². The molecule has 0 aromatic heterocycles. The smallest absolute Gasteiger partial charge is 0.480 e. The topological polar surface area (TPSA) is 244 Å². The Balaban J connectivity index is -0.000000125. The minimum atomic E-state index is -12.1. The molecule has 0 aromatic rings. The first kappa shape index (κ1) is 171. The normalized spacial score (nSPS) is 16.7. The van der Waals surface area contributed by atoms with Gasteiger partial charge in [0.25, 0.3) is 0 Å². The number of nitrogens with zero attached hydrogens (tertiary/aromatic N) is 8. The Hall–Kier alpha value is -6.68. The number of unbranched alkanes of at least 4 members (excludes halogenated alkanes) is 27. The van der Waals surface area contributed by atoms with Crippen LogP contribution in [0.3, 0.4) is 0 Å². The number of alkyl halides is 25. The Kier molecular flexibility index (Phi) is 105. The van der Waals surface area contributed by atoms with Crippen LogP contribution in [0.25, 0.3) is 9.44 Å². The van der Waals surface area contributed by atoms with Crippen molar-refractivity contribution < 1.29 is 275 Å². The van der Waals surface area contributed by atoms with Gasteiger partial charge in [-0.2, -0.15) is 105 Å². The van der Waals surface area contributed by atoms with E-state index in [0.717, 1.165) is 6.54 Å². The molecule has 0 aliphatic carbocycles. The largest absolute Gasteiger partial charge is 1.00 e. The van der Waals surface area contributed by atoms with E-state index in [1.54, 1.807) is 0 Å². The van der Waals surface area contributed by atoms with Gasteiger partial charge in [-0.1, -0.05) is 182 Å². The second-order valence-electron chi connectivity index (χ2n) is 31.1. The maximum absolute atomic E-state index is 12.9. The SMILES string of the molecule is CCCCCCCCCC[N+]1=C[NH+](C)C=C1.CCCCCCCCCC[N+]1=C[NH+](C)C=C1.CCCCCCCCCC[N+]1=C[NH+](C)C=C1.CCCCCCCC[N+]1=C[NH+](C)C=C1.CCCC[N+]1=C[NH+](C)C=C1.CC[N+]1=C[NH+](C)C=C1.FB(F)F.FB(F)F.FB(F)F.FC(F)(F)C(F)(F)P(F)(F)(C(F)(F)F)C(F)(F)C(F)(F)F.O=S(=O)([N-]C(F)(F)F)C(F)(F)F.O=S(=O)([N-]C(F)(F)F)C(F)(F)F.O=S=O.O=S=O.O=S=O.[F-].[F-].[F-].[F-]. The first-order valence-corrected chi connectivity index (χ1v) is 51.7. The molecular formula is C77H136B3F40N14O10PS5+6. The van der Waals surface area contributed by atoms with Crippen LogP contribution >= 0.6 is 7.22 Å². The molecule has 6 heterocycles. The van der Waals surface area contributed by atoms with Crippen LogP contribution in [0.1, 0.15) is 247 Å². The van der Waals surface area contributed by atoms with Crippen molar-refractivity contribution in [2.24, 2.45) is 0 Å². The van der Waals surface area contributed by atoms with Crippen LogP contribution in [-0.2, 0) is 54.8 Å². The Labute approximate surface area is 859 Å². The van der Waals surface area contributed by atoms with E-state index in [1.807, 2.05) is 0 Å². The van der Waals surface area contributed by atoms with Gasteiger partial charge in [0.1, 0.15) is 0 Å². The summed E-state index contributed by atoms with van der Waals surface area (Å²) in [5.74, 6) is -8.47. The van der Waals surface area contributed by atoms with Gasteiger partial charge in [0.15, 0.2) is 96.5 Å². The van der Waals surface area contributed by atoms with Gasteiger partial charge >= 0.3 is 221 Å². The molecule has 6 atom stereocenters. The van der Waals surface area contributed by atoms with Crippen molar-refractivity contribution in [2.45, 2.75) is 300 Å². The molecule has 892 valence electrons. The molecule has 0 bridgehead atoms. The van der Waals surface area contributed by atoms with Crippen LogP contribution in [0.15, 0.2) is 74.4 Å². The van der Waals surface area contributed by atoms with Crippen molar-refractivity contribution in [3.8, 4) is 0 Å². The predicted octanol–water partition coefficient (Wildman–Crippen LogP) is 5.01. The van der Waals surface area contributed by atoms with Crippen molar-refractivity contribution in [2.75, 3.05) is 81.6 Å². The average Bonchev–Trinajstić information content (AvgIpc) is 0.688. The van der Waals surface area contributed by atoms with Crippen LogP contribution < -0.4 is 48.2 Å². The van der Waals surface area contributed by atoms with E-state index >= 15 is 0 Å². The molecule has 0 aromatic carbocycles. The third-order valence-electron chi connectivity index (χ3n) is 18.3. The summed E-state index contributed by atoms with van der Waals surface area (Å²) in [5, 5.41) is 0. The van der Waals surface area contributed by atoms with Crippen LogP contribution in [0, 0.1) is 0 Å². The first-order chi connectivity index (χ1) is 66.9. The van der Waals surface area contributed by atoms with Gasteiger partial charge in [0, 0.05) is 32.1 Å². The van der Waals surface area contributed by atoms with Crippen molar-refractivity contribution in [3.05, 3.63) is 83.8 Å². The zero-order valence-corrected chi connectivity index (χ0v) is 88.7.